The first-order chi connectivity index (χ1) is 9.35. The summed E-state index contributed by atoms with van der Waals surface area (Å²) in [7, 11) is 0. The standard InChI is InChI=1S/C16H24N2O2/c1-11-5-6-13(17-12(2)19)9-15(11)18-14-7-8-20-16(3,4)10-14/h5-6,9,14,18H,7-8,10H2,1-4H3,(H,17,19). The fourth-order valence-electron chi connectivity index (χ4n) is 2.63. The molecule has 1 amide bonds. The largest absolute Gasteiger partial charge is 0.382 e. The van der Waals surface area contributed by atoms with Crippen molar-refractivity contribution >= 4 is 17.3 Å². The van der Waals surface area contributed by atoms with Gasteiger partial charge in [0.25, 0.3) is 0 Å². The number of benzene rings is 1. The zero-order valence-corrected chi connectivity index (χ0v) is 12.7. The van der Waals surface area contributed by atoms with Crippen LogP contribution in [0.25, 0.3) is 0 Å². The van der Waals surface area contributed by atoms with E-state index in [0.717, 1.165) is 30.8 Å². The number of hydrogen-bond acceptors (Lipinski definition) is 3. The normalized spacial score (nSPS) is 21.3. The highest BCUT2D eigenvalue weighted by Gasteiger charge is 2.28. The van der Waals surface area contributed by atoms with Crippen LogP contribution in [-0.4, -0.2) is 24.2 Å². The van der Waals surface area contributed by atoms with Gasteiger partial charge < -0.3 is 15.4 Å². The van der Waals surface area contributed by atoms with E-state index in [4.69, 9.17) is 4.74 Å². The van der Waals surface area contributed by atoms with Crippen LogP contribution in [0.1, 0.15) is 39.2 Å². The van der Waals surface area contributed by atoms with Gasteiger partial charge in [-0.1, -0.05) is 6.07 Å². The van der Waals surface area contributed by atoms with Crippen molar-refractivity contribution < 1.29 is 9.53 Å². The number of anilines is 2. The number of rotatable bonds is 3. The molecule has 0 bridgehead atoms. The van der Waals surface area contributed by atoms with Gasteiger partial charge in [-0.25, -0.2) is 0 Å². The fourth-order valence-corrected chi connectivity index (χ4v) is 2.63. The van der Waals surface area contributed by atoms with E-state index >= 15 is 0 Å². The van der Waals surface area contributed by atoms with Gasteiger partial charge in [-0.15, -0.1) is 0 Å². The average Bonchev–Trinajstić information content (AvgIpc) is 2.31. The van der Waals surface area contributed by atoms with E-state index in [1.165, 1.54) is 12.5 Å². The van der Waals surface area contributed by atoms with Crippen LogP contribution in [0.5, 0.6) is 0 Å². The highest BCUT2D eigenvalue weighted by atomic mass is 16.5. The van der Waals surface area contributed by atoms with Gasteiger partial charge >= 0.3 is 0 Å². The molecule has 1 aliphatic rings. The Labute approximate surface area is 120 Å². The van der Waals surface area contributed by atoms with Gasteiger partial charge in [0.05, 0.1) is 5.60 Å². The van der Waals surface area contributed by atoms with Crippen LogP contribution in [-0.2, 0) is 9.53 Å². The van der Waals surface area contributed by atoms with Crippen molar-refractivity contribution in [2.75, 3.05) is 17.2 Å². The molecule has 1 aliphatic heterocycles. The van der Waals surface area contributed by atoms with Crippen molar-refractivity contribution in [1.29, 1.82) is 0 Å². The molecule has 0 radical (unpaired) electrons. The summed E-state index contributed by atoms with van der Waals surface area (Å²) in [5.41, 5.74) is 3.03. The molecule has 2 rings (SSSR count). The van der Waals surface area contributed by atoms with Crippen LogP contribution >= 0.6 is 0 Å². The second kappa shape index (κ2) is 5.83. The summed E-state index contributed by atoms with van der Waals surface area (Å²) in [4.78, 5) is 11.1. The van der Waals surface area contributed by atoms with Crippen LogP contribution in [0.15, 0.2) is 18.2 Å². The maximum absolute atomic E-state index is 11.1. The van der Waals surface area contributed by atoms with Crippen LogP contribution < -0.4 is 10.6 Å². The predicted molar refractivity (Wildman–Crippen MR) is 82.2 cm³/mol. The first-order valence-corrected chi connectivity index (χ1v) is 7.14. The number of hydrogen-bond donors (Lipinski definition) is 2. The summed E-state index contributed by atoms with van der Waals surface area (Å²) in [5.74, 6) is -0.0491. The Morgan fingerprint density at radius 3 is 2.80 bits per heavy atom. The Morgan fingerprint density at radius 2 is 2.15 bits per heavy atom. The minimum absolute atomic E-state index is 0.0491. The van der Waals surface area contributed by atoms with Crippen LogP contribution in [0, 0.1) is 6.92 Å². The van der Waals surface area contributed by atoms with E-state index in [1.54, 1.807) is 0 Å². The molecular formula is C16H24N2O2. The third kappa shape index (κ3) is 3.97. The molecule has 1 fully saturated rings. The number of nitrogens with one attached hydrogen (secondary N) is 2. The molecule has 1 aromatic rings. The van der Waals surface area contributed by atoms with Gasteiger partial charge in [0.15, 0.2) is 0 Å². The van der Waals surface area contributed by atoms with Crippen molar-refractivity contribution in [2.45, 2.75) is 52.2 Å². The number of aryl methyl sites for hydroxylation is 1. The zero-order valence-electron chi connectivity index (χ0n) is 12.7. The minimum Gasteiger partial charge on any atom is -0.382 e. The van der Waals surface area contributed by atoms with E-state index in [9.17, 15) is 4.79 Å². The first kappa shape index (κ1) is 14.9. The van der Waals surface area contributed by atoms with Gasteiger partial charge in [0, 0.05) is 30.9 Å². The monoisotopic (exact) mass is 276 g/mol. The third-order valence-corrected chi connectivity index (χ3v) is 3.61. The predicted octanol–water partition coefficient (Wildman–Crippen LogP) is 3.32. The molecule has 4 nitrogen and oxygen atoms in total. The number of carbonyl (C=O) groups is 1. The van der Waals surface area contributed by atoms with E-state index in [-0.39, 0.29) is 11.5 Å². The van der Waals surface area contributed by atoms with Gasteiger partial charge in [-0.2, -0.15) is 0 Å². The Morgan fingerprint density at radius 1 is 1.40 bits per heavy atom. The molecule has 1 saturated heterocycles. The van der Waals surface area contributed by atoms with Gasteiger partial charge in [0.2, 0.25) is 5.91 Å². The van der Waals surface area contributed by atoms with E-state index in [2.05, 4.69) is 31.4 Å². The topological polar surface area (TPSA) is 50.4 Å². The quantitative estimate of drug-likeness (QED) is 0.890. The summed E-state index contributed by atoms with van der Waals surface area (Å²) in [6.45, 7) is 8.64. The molecule has 0 aliphatic carbocycles. The molecular weight excluding hydrogens is 252 g/mol. The van der Waals surface area contributed by atoms with Gasteiger partial charge in [-0.3, -0.25) is 4.79 Å². The second-order valence-electron chi connectivity index (χ2n) is 6.15. The Kier molecular flexibility index (Phi) is 4.33. The lowest BCUT2D eigenvalue weighted by Crippen LogP contribution is -2.40. The van der Waals surface area contributed by atoms with Crippen LogP contribution in [0.4, 0.5) is 11.4 Å². The lowest BCUT2D eigenvalue weighted by Gasteiger charge is -2.36. The molecule has 1 heterocycles. The van der Waals surface area contributed by atoms with E-state index < -0.39 is 0 Å². The SMILES string of the molecule is CC(=O)Nc1ccc(C)c(NC2CCOC(C)(C)C2)c1. The Balaban J connectivity index is 2.10. The molecule has 110 valence electrons. The number of amides is 1. The van der Waals surface area contributed by atoms with Crippen molar-refractivity contribution in [3.05, 3.63) is 23.8 Å². The third-order valence-electron chi connectivity index (χ3n) is 3.61. The highest BCUT2D eigenvalue weighted by Crippen LogP contribution is 2.28. The highest BCUT2D eigenvalue weighted by molar-refractivity contribution is 5.89. The lowest BCUT2D eigenvalue weighted by atomic mass is 9.93. The second-order valence-corrected chi connectivity index (χ2v) is 6.15. The maximum Gasteiger partial charge on any atom is 0.221 e. The van der Waals surface area contributed by atoms with E-state index in [1.807, 2.05) is 18.2 Å². The molecule has 4 heteroatoms. The lowest BCUT2D eigenvalue weighted by molar-refractivity contribution is -0.114. The molecule has 0 saturated carbocycles. The van der Waals surface area contributed by atoms with Crippen molar-refractivity contribution in [3.63, 3.8) is 0 Å². The van der Waals surface area contributed by atoms with Crippen LogP contribution in [0.2, 0.25) is 0 Å². The van der Waals surface area contributed by atoms with Crippen molar-refractivity contribution in [3.8, 4) is 0 Å². The van der Waals surface area contributed by atoms with Crippen molar-refractivity contribution in [1.82, 2.24) is 0 Å². The molecule has 2 N–H and O–H groups in total. The summed E-state index contributed by atoms with van der Waals surface area (Å²) in [6, 6.07) is 6.36. The van der Waals surface area contributed by atoms with Gasteiger partial charge in [-0.05, 0) is 51.3 Å². The fraction of sp³-hybridized carbons (Fsp3) is 0.562. The first-order valence-electron chi connectivity index (χ1n) is 7.14. The maximum atomic E-state index is 11.1. The Bertz CT molecular complexity index is 497. The Hall–Kier alpha value is -1.55. The smallest absolute Gasteiger partial charge is 0.221 e. The molecule has 0 spiro atoms. The summed E-state index contributed by atoms with van der Waals surface area (Å²) >= 11 is 0. The summed E-state index contributed by atoms with van der Waals surface area (Å²) in [6.07, 6.45) is 1.99. The molecule has 20 heavy (non-hydrogen) atoms. The molecule has 1 atom stereocenters. The molecule has 1 unspecified atom stereocenters. The van der Waals surface area contributed by atoms with Crippen LogP contribution in [0.3, 0.4) is 0 Å². The van der Waals surface area contributed by atoms with E-state index in [0.29, 0.717) is 6.04 Å². The summed E-state index contributed by atoms with van der Waals surface area (Å²) in [5, 5.41) is 6.41. The average molecular weight is 276 g/mol. The number of carbonyl (C=O) groups excluding carboxylic acids is 1. The number of ether oxygens (including phenoxy) is 1. The van der Waals surface area contributed by atoms with Gasteiger partial charge in [0.1, 0.15) is 0 Å². The molecule has 0 aromatic heterocycles. The zero-order chi connectivity index (χ0) is 14.8. The minimum atomic E-state index is -0.0704. The molecule has 1 aromatic carbocycles. The summed E-state index contributed by atoms with van der Waals surface area (Å²) < 4.78 is 5.74. The van der Waals surface area contributed by atoms with Crippen molar-refractivity contribution in [2.24, 2.45) is 0 Å².